The molecular weight excluding hydrogens is 457 g/mol. The molecule has 2 atom stereocenters. The van der Waals surface area contributed by atoms with Gasteiger partial charge >= 0.3 is 6.18 Å². The van der Waals surface area contributed by atoms with Crippen LogP contribution < -0.4 is 15.8 Å². The van der Waals surface area contributed by atoms with Crippen LogP contribution in [-0.2, 0) is 15.0 Å². The molecule has 0 radical (unpaired) electrons. The van der Waals surface area contributed by atoms with Crippen LogP contribution in [-0.4, -0.2) is 60.2 Å². The zero-order valence-corrected chi connectivity index (χ0v) is 16.7. The second kappa shape index (κ2) is 8.10. The minimum absolute atomic E-state index is 0.0690. The zero-order chi connectivity index (χ0) is 23.9. The van der Waals surface area contributed by atoms with Crippen molar-refractivity contribution in [3.8, 4) is 5.88 Å². The number of carbonyl (C=O) groups is 1. The van der Waals surface area contributed by atoms with E-state index < -0.39 is 54.8 Å². The number of halogens is 5. The van der Waals surface area contributed by atoms with Crippen molar-refractivity contribution in [1.29, 1.82) is 0 Å². The average molecular weight is 473 g/mol. The SMILES string of the molecule is NC1=NC2(c3cc(NC(=O)c4cnc(OCC(F)(F)F)cn4)ccc3F)COCC2(F)CO1. The third-order valence-electron chi connectivity index (χ3n) is 5.05. The number of aliphatic imine (C=N–C) groups is 1. The molecule has 0 spiro atoms. The highest BCUT2D eigenvalue weighted by atomic mass is 19.4. The molecule has 0 bridgehead atoms. The van der Waals surface area contributed by atoms with Crippen molar-refractivity contribution in [2.24, 2.45) is 10.7 Å². The summed E-state index contributed by atoms with van der Waals surface area (Å²) >= 11 is 0. The Labute approximate surface area is 182 Å². The Balaban J connectivity index is 1.55. The fraction of sp³-hybridized carbons (Fsp3) is 0.368. The number of nitrogens with zero attached hydrogens (tertiary/aromatic N) is 3. The van der Waals surface area contributed by atoms with Crippen molar-refractivity contribution in [3.63, 3.8) is 0 Å². The van der Waals surface area contributed by atoms with Crippen LogP contribution in [0.2, 0.25) is 0 Å². The summed E-state index contributed by atoms with van der Waals surface area (Å²) in [6.07, 6.45) is -2.80. The number of amides is 1. The van der Waals surface area contributed by atoms with Gasteiger partial charge in [0.1, 0.15) is 18.1 Å². The van der Waals surface area contributed by atoms with Crippen LogP contribution in [0.4, 0.5) is 27.6 Å². The van der Waals surface area contributed by atoms with Gasteiger partial charge in [0, 0.05) is 11.3 Å². The van der Waals surface area contributed by atoms with Crippen LogP contribution in [0, 0.1) is 5.82 Å². The molecule has 176 valence electrons. The summed E-state index contributed by atoms with van der Waals surface area (Å²) in [6.45, 7) is -2.74. The second-order valence-electron chi connectivity index (χ2n) is 7.35. The van der Waals surface area contributed by atoms with E-state index in [-0.39, 0.29) is 29.6 Å². The molecule has 1 amide bonds. The third-order valence-corrected chi connectivity index (χ3v) is 5.05. The molecule has 1 aromatic heterocycles. The van der Waals surface area contributed by atoms with E-state index in [1.807, 2.05) is 0 Å². The second-order valence-corrected chi connectivity index (χ2v) is 7.35. The number of ether oxygens (including phenoxy) is 3. The molecule has 14 heteroatoms. The average Bonchev–Trinajstić information content (AvgIpc) is 3.10. The van der Waals surface area contributed by atoms with Gasteiger partial charge in [0.05, 0.1) is 25.6 Å². The number of alkyl halides is 4. The Morgan fingerprint density at radius 2 is 2.00 bits per heavy atom. The Morgan fingerprint density at radius 3 is 2.70 bits per heavy atom. The molecule has 1 aromatic carbocycles. The number of nitrogens with two attached hydrogens (primary N) is 1. The predicted octanol–water partition coefficient (Wildman–Crippen LogP) is 2.09. The fourth-order valence-electron chi connectivity index (χ4n) is 3.47. The predicted molar refractivity (Wildman–Crippen MR) is 102 cm³/mol. The Morgan fingerprint density at radius 1 is 1.21 bits per heavy atom. The number of carbonyl (C=O) groups excluding carboxylic acids is 1. The lowest BCUT2D eigenvalue weighted by molar-refractivity contribution is -0.154. The fourth-order valence-corrected chi connectivity index (χ4v) is 3.47. The smallest absolute Gasteiger partial charge is 0.422 e. The number of nitrogens with one attached hydrogen (secondary N) is 1. The van der Waals surface area contributed by atoms with E-state index in [9.17, 15) is 22.4 Å². The van der Waals surface area contributed by atoms with Gasteiger partial charge in [-0.2, -0.15) is 13.2 Å². The Bertz CT molecular complexity index is 1100. The van der Waals surface area contributed by atoms with E-state index in [4.69, 9.17) is 15.2 Å². The zero-order valence-electron chi connectivity index (χ0n) is 16.7. The normalized spacial score (nSPS) is 24.5. The molecule has 0 aliphatic carbocycles. The monoisotopic (exact) mass is 473 g/mol. The van der Waals surface area contributed by atoms with E-state index in [1.54, 1.807) is 0 Å². The van der Waals surface area contributed by atoms with Gasteiger partial charge < -0.3 is 25.3 Å². The van der Waals surface area contributed by atoms with Gasteiger partial charge in [-0.25, -0.2) is 23.7 Å². The number of hydrogen-bond donors (Lipinski definition) is 2. The summed E-state index contributed by atoms with van der Waals surface area (Å²) in [5.41, 5.74) is 1.22. The summed E-state index contributed by atoms with van der Waals surface area (Å²) in [7, 11) is 0. The van der Waals surface area contributed by atoms with E-state index in [1.165, 1.54) is 12.1 Å². The molecule has 0 saturated carbocycles. The number of rotatable bonds is 5. The van der Waals surface area contributed by atoms with E-state index in [0.717, 1.165) is 18.5 Å². The van der Waals surface area contributed by atoms with Gasteiger partial charge in [0.25, 0.3) is 11.9 Å². The topological polar surface area (TPSA) is 121 Å². The van der Waals surface area contributed by atoms with Gasteiger partial charge in [-0.15, -0.1) is 0 Å². The molecule has 9 nitrogen and oxygen atoms in total. The van der Waals surface area contributed by atoms with Crippen molar-refractivity contribution in [2.45, 2.75) is 17.4 Å². The van der Waals surface area contributed by atoms with Crippen LogP contribution in [0.5, 0.6) is 5.88 Å². The molecule has 2 aliphatic heterocycles. The summed E-state index contributed by atoms with van der Waals surface area (Å²) < 4.78 is 81.5. The molecule has 33 heavy (non-hydrogen) atoms. The first-order chi connectivity index (χ1) is 15.5. The van der Waals surface area contributed by atoms with Crippen molar-refractivity contribution in [3.05, 3.63) is 47.7 Å². The molecule has 3 N–H and O–H groups in total. The quantitative estimate of drug-likeness (QED) is 0.638. The van der Waals surface area contributed by atoms with Crippen molar-refractivity contribution in [1.82, 2.24) is 9.97 Å². The van der Waals surface area contributed by atoms with Gasteiger partial charge in [-0.1, -0.05) is 0 Å². The minimum atomic E-state index is -4.56. The maximum absolute atomic E-state index is 15.5. The third kappa shape index (κ3) is 4.37. The number of aromatic nitrogens is 2. The number of benzene rings is 1. The lowest BCUT2D eigenvalue weighted by atomic mass is 9.78. The van der Waals surface area contributed by atoms with E-state index in [0.29, 0.717) is 0 Å². The molecule has 1 saturated heterocycles. The molecule has 2 unspecified atom stereocenters. The van der Waals surface area contributed by atoms with Crippen molar-refractivity contribution in [2.75, 3.05) is 31.7 Å². The van der Waals surface area contributed by atoms with Crippen LogP contribution in [0.15, 0.2) is 35.6 Å². The first-order valence-electron chi connectivity index (χ1n) is 9.39. The summed E-state index contributed by atoms with van der Waals surface area (Å²) in [5.74, 6) is -2.03. The summed E-state index contributed by atoms with van der Waals surface area (Å²) in [4.78, 5) is 23.8. The first kappa shape index (κ1) is 22.6. The number of hydrogen-bond acceptors (Lipinski definition) is 8. The van der Waals surface area contributed by atoms with Gasteiger partial charge in [0.15, 0.2) is 17.8 Å². The van der Waals surface area contributed by atoms with Gasteiger partial charge in [-0.05, 0) is 18.2 Å². The highest BCUT2D eigenvalue weighted by Crippen LogP contribution is 2.48. The summed E-state index contributed by atoms with van der Waals surface area (Å²) in [5, 5.41) is 2.44. The standard InChI is InChI=1S/C19H16F5N5O4/c20-12-2-1-10(3-11(12)18-8-31-6-17(18,21)7-33-16(25)29-18)28-15(30)13-4-27-14(5-26-13)32-9-19(22,23)24/h1-5H,6-9H2,(H2,25,29)(H,28,30). The molecule has 4 rings (SSSR count). The van der Waals surface area contributed by atoms with Crippen molar-refractivity contribution >= 4 is 17.6 Å². The highest BCUT2D eigenvalue weighted by molar-refractivity contribution is 6.02. The minimum Gasteiger partial charge on any atom is -0.467 e. The summed E-state index contributed by atoms with van der Waals surface area (Å²) in [6, 6.07) is 3.10. The van der Waals surface area contributed by atoms with Crippen LogP contribution in [0.3, 0.4) is 0 Å². The number of anilines is 1. The molecule has 3 heterocycles. The highest BCUT2D eigenvalue weighted by Gasteiger charge is 2.62. The number of fused-ring (bicyclic) bond motifs is 1. The molecular formula is C19H16F5N5O4. The van der Waals surface area contributed by atoms with Crippen LogP contribution >= 0.6 is 0 Å². The van der Waals surface area contributed by atoms with Crippen molar-refractivity contribution < 1.29 is 41.0 Å². The maximum Gasteiger partial charge on any atom is 0.422 e. The largest absolute Gasteiger partial charge is 0.467 e. The number of amidine groups is 1. The van der Waals surface area contributed by atoms with E-state index in [2.05, 4.69) is 25.0 Å². The van der Waals surface area contributed by atoms with Gasteiger partial charge in [-0.3, -0.25) is 4.79 Å². The lowest BCUT2D eigenvalue weighted by Crippen LogP contribution is -2.55. The van der Waals surface area contributed by atoms with Gasteiger partial charge in [0.2, 0.25) is 5.88 Å². The van der Waals surface area contributed by atoms with Crippen LogP contribution in [0.25, 0.3) is 0 Å². The lowest BCUT2D eigenvalue weighted by Gasteiger charge is -2.38. The van der Waals surface area contributed by atoms with E-state index >= 15 is 4.39 Å². The van der Waals surface area contributed by atoms with Crippen LogP contribution in [0.1, 0.15) is 16.1 Å². The molecule has 2 aliphatic rings. The Hall–Kier alpha value is -3.55. The first-order valence-corrected chi connectivity index (χ1v) is 9.39. The molecule has 2 aromatic rings. The Kier molecular flexibility index (Phi) is 5.56. The molecule has 1 fully saturated rings. The maximum atomic E-state index is 15.5.